The van der Waals surface area contributed by atoms with Crippen LogP contribution in [0.2, 0.25) is 5.28 Å². The molecule has 1 saturated heterocycles. The smallest absolute Gasteiger partial charge is 0.225 e. The Bertz CT molecular complexity index is 605. The maximum absolute atomic E-state index is 6.05. The first-order valence-corrected chi connectivity index (χ1v) is 7.56. The van der Waals surface area contributed by atoms with E-state index in [0.717, 1.165) is 29.1 Å². The van der Waals surface area contributed by atoms with Crippen LogP contribution < -0.4 is 4.90 Å². The lowest BCUT2D eigenvalue weighted by molar-refractivity contribution is -0.00537. The Morgan fingerprint density at radius 2 is 2.00 bits per heavy atom. The number of thiophene rings is 1. The highest BCUT2D eigenvalue weighted by atomic mass is 35.5. The summed E-state index contributed by atoms with van der Waals surface area (Å²) < 4.78 is 5.77. The standard InChI is InChI=1S/C13H16ClN3OS/c1-7-5-17(6-8(2)18-7)11-10-4-9(3)19-12(10)16-13(14)15-11/h4,7-8H,5-6H2,1-3H3. The van der Waals surface area contributed by atoms with Crippen LogP contribution in [0.1, 0.15) is 18.7 Å². The van der Waals surface area contributed by atoms with E-state index >= 15 is 0 Å². The van der Waals surface area contributed by atoms with E-state index in [-0.39, 0.29) is 12.2 Å². The van der Waals surface area contributed by atoms with E-state index in [1.54, 1.807) is 11.3 Å². The molecule has 0 aromatic carbocycles. The van der Waals surface area contributed by atoms with Crippen LogP contribution in [0.15, 0.2) is 6.07 Å². The molecule has 102 valence electrons. The number of aromatic nitrogens is 2. The van der Waals surface area contributed by atoms with Gasteiger partial charge in [0.05, 0.1) is 17.6 Å². The van der Waals surface area contributed by atoms with Crippen molar-refractivity contribution < 1.29 is 4.74 Å². The zero-order chi connectivity index (χ0) is 13.6. The van der Waals surface area contributed by atoms with Crippen molar-refractivity contribution in [1.82, 2.24) is 9.97 Å². The second kappa shape index (κ2) is 4.89. The second-order valence-electron chi connectivity index (χ2n) is 5.05. The molecule has 6 heteroatoms. The van der Waals surface area contributed by atoms with Crippen molar-refractivity contribution in [2.24, 2.45) is 0 Å². The van der Waals surface area contributed by atoms with Crippen LogP contribution in [0.5, 0.6) is 0 Å². The van der Waals surface area contributed by atoms with Gasteiger partial charge in [0.2, 0.25) is 5.28 Å². The maximum Gasteiger partial charge on any atom is 0.225 e. The molecular weight excluding hydrogens is 282 g/mol. The molecule has 3 rings (SSSR count). The fourth-order valence-corrected chi connectivity index (χ4v) is 3.68. The summed E-state index contributed by atoms with van der Waals surface area (Å²) in [7, 11) is 0. The van der Waals surface area contributed by atoms with E-state index < -0.39 is 0 Å². The summed E-state index contributed by atoms with van der Waals surface area (Å²) >= 11 is 7.70. The van der Waals surface area contributed by atoms with Crippen LogP contribution in [-0.2, 0) is 4.74 Å². The SMILES string of the molecule is Cc1cc2c(N3CC(C)OC(C)C3)nc(Cl)nc2s1. The van der Waals surface area contributed by atoms with Gasteiger partial charge in [-0.25, -0.2) is 4.98 Å². The fraction of sp³-hybridized carbons (Fsp3) is 0.538. The third kappa shape index (κ3) is 2.55. The van der Waals surface area contributed by atoms with Crippen molar-refractivity contribution in [3.05, 3.63) is 16.2 Å². The lowest BCUT2D eigenvalue weighted by Crippen LogP contribution is -2.45. The molecule has 2 atom stereocenters. The minimum atomic E-state index is 0.201. The third-order valence-corrected chi connectivity index (χ3v) is 4.30. The van der Waals surface area contributed by atoms with E-state index in [1.807, 2.05) is 0 Å². The Labute approximate surface area is 121 Å². The van der Waals surface area contributed by atoms with Crippen molar-refractivity contribution >= 4 is 39.0 Å². The zero-order valence-electron chi connectivity index (χ0n) is 11.2. The molecule has 0 amide bonds. The van der Waals surface area contributed by atoms with Crippen molar-refractivity contribution in [3.8, 4) is 0 Å². The van der Waals surface area contributed by atoms with Crippen LogP contribution in [0, 0.1) is 6.92 Å². The average molecular weight is 298 g/mol. The van der Waals surface area contributed by atoms with Gasteiger partial charge in [-0.05, 0) is 38.4 Å². The van der Waals surface area contributed by atoms with Gasteiger partial charge in [0.15, 0.2) is 0 Å². The normalized spacial score (nSPS) is 24.1. The topological polar surface area (TPSA) is 38.2 Å². The zero-order valence-corrected chi connectivity index (χ0v) is 12.8. The Kier molecular flexibility index (Phi) is 3.37. The number of anilines is 1. The van der Waals surface area contributed by atoms with E-state index in [0.29, 0.717) is 5.28 Å². The quantitative estimate of drug-likeness (QED) is 0.757. The molecule has 2 aromatic heterocycles. The highest BCUT2D eigenvalue weighted by molar-refractivity contribution is 7.18. The number of aryl methyl sites for hydroxylation is 1. The lowest BCUT2D eigenvalue weighted by Gasteiger charge is -2.36. The molecule has 3 heterocycles. The molecule has 1 aliphatic heterocycles. The minimum absolute atomic E-state index is 0.201. The molecule has 2 aromatic rings. The molecule has 4 nitrogen and oxygen atoms in total. The summed E-state index contributed by atoms with van der Waals surface area (Å²) in [5.41, 5.74) is 0. The number of fused-ring (bicyclic) bond motifs is 1. The molecule has 1 fully saturated rings. The Morgan fingerprint density at radius 1 is 1.32 bits per heavy atom. The van der Waals surface area contributed by atoms with Gasteiger partial charge in [-0.1, -0.05) is 0 Å². The van der Waals surface area contributed by atoms with E-state index in [1.165, 1.54) is 4.88 Å². The first-order valence-electron chi connectivity index (χ1n) is 6.37. The van der Waals surface area contributed by atoms with Crippen LogP contribution in [0.4, 0.5) is 5.82 Å². The minimum Gasteiger partial charge on any atom is -0.372 e. The predicted octanol–water partition coefficient (Wildman–Crippen LogP) is 3.27. The van der Waals surface area contributed by atoms with Gasteiger partial charge < -0.3 is 9.64 Å². The van der Waals surface area contributed by atoms with Gasteiger partial charge in [0.1, 0.15) is 10.6 Å². The Hall–Kier alpha value is -0.910. The summed E-state index contributed by atoms with van der Waals surface area (Å²) in [5, 5.41) is 1.41. The van der Waals surface area contributed by atoms with Gasteiger partial charge in [-0.2, -0.15) is 4.98 Å². The molecule has 1 aliphatic rings. The summed E-state index contributed by atoms with van der Waals surface area (Å²) in [4.78, 5) is 13.2. The van der Waals surface area contributed by atoms with E-state index in [9.17, 15) is 0 Å². The van der Waals surface area contributed by atoms with E-state index in [2.05, 4.69) is 41.7 Å². The van der Waals surface area contributed by atoms with Crippen molar-refractivity contribution in [3.63, 3.8) is 0 Å². The van der Waals surface area contributed by atoms with Gasteiger partial charge in [-0.3, -0.25) is 0 Å². The van der Waals surface area contributed by atoms with Gasteiger partial charge >= 0.3 is 0 Å². The predicted molar refractivity (Wildman–Crippen MR) is 79.4 cm³/mol. The molecule has 0 aliphatic carbocycles. The van der Waals surface area contributed by atoms with Crippen LogP contribution >= 0.6 is 22.9 Å². The van der Waals surface area contributed by atoms with Crippen molar-refractivity contribution in [2.45, 2.75) is 33.0 Å². The van der Waals surface area contributed by atoms with Crippen LogP contribution in [0.25, 0.3) is 10.2 Å². The number of ether oxygens (including phenoxy) is 1. The number of hydrogen-bond acceptors (Lipinski definition) is 5. The molecule has 0 radical (unpaired) electrons. The first kappa shape index (κ1) is 13.1. The maximum atomic E-state index is 6.05. The molecule has 0 bridgehead atoms. The summed E-state index contributed by atoms with van der Waals surface area (Å²) in [6, 6.07) is 2.14. The fourth-order valence-electron chi connectivity index (χ4n) is 2.59. The van der Waals surface area contributed by atoms with Crippen LogP contribution in [0.3, 0.4) is 0 Å². The highest BCUT2D eigenvalue weighted by Crippen LogP contribution is 2.32. The largest absolute Gasteiger partial charge is 0.372 e. The summed E-state index contributed by atoms with van der Waals surface area (Å²) in [5.74, 6) is 0.932. The van der Waals surface area contributed by atoms with Gasteiger partial charge in [0, 0.05) is 18.0 Å². The summed E-state index contributed by atoms with van der Waals surface area (Å²) in [6.45, 7) is 7.92. The number of nitrogens with zero attached hydrogens (tertiary/aromatic N) is 3. The lowest BCUT2D eigenvalue weighted by atomic mass is 10.2. The molecule has 0 spiro atoms. The number of rotatable bonds is 1. The molecule has 2 unspecified atom stereocenters. The third-order valence-electron chi connectivity index (χ3n) is 3.19. The Balaban J connectivity index is 2.08. The van der Waals surface area contributed by atoms with Crippen LogP contribution in [-0.4, -0.2) is 35.3 Å². The van der Waals surface area contributed by atoms with Gasteiger partial charge in [-0.15, -0.1) is 11.3 Å². The van der Waals surface area contributed by atoms with Gasteiger partial charge in [0.25, 0.3) is 0 Å². The molecule has 0 N–H and O–H groups in total. The second-order valence-corrected chi connectivity index (χ2v) is 6.63. The number of hydrogen-bond donors (Lipinski definition) is 0. The number of halogens is 1. The first-order chi connectivity index (χ1) is 9.02. The number of morpholine rings is 1. The summed E-state index contributed by atoms with van der Waals surface area (Å²) in [6.07, 6.45) is 0.402. The van der Waals surface area contributed by atoms with Crippen molar-refractivity contribution in [2.75, 3.05) is 18.0 Å². The van der Waals surface area contributed by atoms with E-state index in [4.69, 9.17) is 16.3 Å². The van der Waals surface area contributed by atoms with Crippen molar-refractivity contribution in [1.29, 1.82) is 0 Å². The molecule has 19 heavy (non-hydrogen) atoms. The average Bonchev–Trinajstić information content (AvgIpc) is 2.66. The molecular formula is C13H16ClN3OS. The Morgan fingerprint density at radius 3 is 2.68 bits per heavy atom. The molecule has 0 saturated carbocycles. The monoisotopic (exact) mass is 297 g/mol. The highest BCUT2D eigenvalue weighted by Gasteiger charge is 2.25.